The Labute approximate surface area is 134 Å². The molecule has 0 rings (SSSR count). The standard InChI is InChI=1S/2C3H7NS2.2Zn/c2*1-4(2)3(5)6;;/h2*1-2H3,(H,5,6);;/q;;2*+1/p-2. The van der Waals surface area contributed by atoms with Crippen LogP contribution in [0.4, 0.5) is 0 Å². The van der Waals surface area contributed by atoms with Crippen molar-refractivity contribution in [2.75, 3.05) is 28.2 Å². The summed E-state index contributed by atoms with van der Waals surface area (Å²) in [6.45, 7) is 0. The van der Waals surface area contributed by atoms with Crippen LogP contribution in [0.2, 0.25) is 0 Å². The molecule has 0 spiro atoms. The van der Waals surface area contributed by atoms with Crippen molar-refractivity contribution in [3.63, 3.8) is 0 Å². The zero-order chi connectivity index (χ0) is 10.3. The van der Waals surface area contributed by atoms with Crippen LogP contribution in [-0.2, 0) is 64.2 Å². The largest absolute Gasteiger partial charge is 1.00 e. The van der Waals surface area contributed by atoms with Crippen LogP contribution in [0.25, 0.3) is 0 Å². The Morgan fingerprint density at radius 3 is 0.857 bits per heavy atom. The van der Waals surface area contributed by atoms with Crippen molar-refractivity contribution < 1.29 is 39.0 Å². The Bertz CT molecular complexity index is 146. The molecule has 0 bridgehead atoms. The smallest absolute Gasteiger partial charge is 0.411 e. The zero-order valence-electron chi connectivity index (χ0n) is 8.94. The van der Waals surface area contributed by atoms with E-state index in [1.54, 1.807) is 9.80 Å². The minimum absolute atomic E-state index is 0. The van der Waals surface area contributed by atoms with E-state index < -0.39 is 0 Å². The molecule has 0 aromatic rings. The molecule has 0 unspecified atom stereocenters. The molecule has 0 saturated carbocycles. The fourth-order valence-corrected chi connectivity index (χ4v) is 0. The second-order valence-corrected chi connectivity index (χ2v) is 4.38. The number of hydrogen-bond donors (Lipinski definition) is 0. The summed E-state index contributed by atoms with van der Waals surface area (Å²) in [4.78, 5) is 3.43. The van der Waals surface area contributed by atoms with Crippen molar-refractivity contribution in [3.8, 4) is 0 Å². The first-order valence-electron chi connectivity index (χ1n) is 3.05. The normalized spacial score (nSPS) is 6.57. The summed E-state index contributed by atoms with van der Waals surface area (Å²) in [5.74, 6) is 0. The fraction of sp³-hybridized carbons (Fsp3) is 0.667. The van der Waals surface area contributed by atoms with Crippen molar-refractivity contribution in [1.82, 2.24) is 9.80 Å². The molecule has 2 radical (unpaired) electrons. The maximum absolute atomic E-state index is 4.56. The van der Waals surface area contributed by atoms with E-state index in [0.717, 1.165) is 0 Å². The van der Waals surface area contributed by atoms with Gasteiger partial charge in [0.15, 0.2) is 0 Å². The van der Waals surface area contributed by atoms with E-state index >= 15 is 0 Å². The van der Waals surface area contributed by atoms with Crippen molar-refractivity contribution in [1.29, 1.82) is 0 Å². The second kappa shape index (κ2) is 14.5. The molecule has 0 N–H and O–H groups in total. The molecule has 0 fully saturated rings. The minimum atomic E-state index is 0. The van der Waals surface area contributed by atoms with Crippen LogP contribution >= 0.6 is 24.4 Å². The first-order valence-corrected chi connectivity index (χ1v) is 4.69. The van der Waals surface area contributed by atoms with Crippen molar-refractivity contribution in [2.24, 2.45) is 0 Å². The summed E-state index contributed by atoms with van der Waals surface area (Å²) < 4.78 is 1.02. The van der Waals surface area contributed by atoms with Crippen LogP contribution in [0.5, 0.6) is 0 Å². The molecule has 8 heteroatoms. The van der Waals surface area contributed by atoms with Gasteiger partial charge in [0.1, 0.15) is 0 Å². The molecule has 0 aromatic carbocycles. The van der Waals surface area contributed by atoms with E-state index in [2.05, 4.69) is 49.7 Å². The first-order chi connectivity index (χ1) is 5.29. The van der Waals surface area contributed by atoms with Crippen LogP contribution in [-0.4, -0.2) is 46.6 Å². The van der Waals surface area contributed by atoms with Gasteiger partial charge < -0.3 is 59.5 Å². The van der Waals surface area contributed by atoms with Gasteiger partial charge in [-0.05, 0) is 0 Å². The van der Waals surface area contributed by atoms with Crippen LogP contribution in [0.3, 0.4) is 0 Å². The van der Waals surface area contributed by atoms with Crippen LogP contribution in [0.15, 0.2) is 0 Å². The summed E-state index contributed by atoms with van der Waals surface area (Å²) in [5.41, 5.74) is 0. The molecule has 0 amide bonds. The molecule has 0 saturated heterocycles. The number of rotatable bonds is 0. The minimum Gasteiger partial charge on any atom is -0.411 e. The summed E-state index contributed by atoms with van der Waals surface area (Å²) >= 11 is 18.2. The van der Waals surface area contributed by atoms with E-state index in [9.17, 15) is 0 Å². The second-order valence-electron chi connectivity index (χ2n) is 2.32. The van der Waals surface area contributed by atoms with Gasteiger partial charge in [0.25, 0.3) is 0 Å². The average molecular weight is 371 g/mol. The van der Waals surface area contributed by atoms with Gasteiger partial charge >= 0.3 is 39.0 Å². The Kier molecular flexibility index (Phi) is 25.4. The number of nitrogens with zero attached hydrogens (tertiary/aromatic N) is 2. The molecule has 0 heterocycles. The molecule has 0 aliphatic carbocycles. The topological polar surface area (TPSA) is 6.48 Å². The maximum atomic E-state index is 4.56. The van der Waals surface area contributed by atoms with Crippen LogP contribution in [0.1, 0.15) is 0 Å². The predicted molar refractivity (Wildman–Crippen MR) is 67.3 cm³/mol. The fourth-order valence-electron chi connectivity index (χ4n) is 0. The third kappa shape index (κ3) is 23.4. The van der Waals surface area contributed by atoms with Gasteiger partial charge in [0.2, 0.25) is 0 Å². The van der Waals surface area contributed by atoms with Gasteiger partial charge in [-0.25, -0.2) is 0 Å². The molecular weight excluding hydrogens is 359 g/mol. The quantitative estimate of drug-likeness (QED) is 0.350. The van der Waals surface area contributed by atoms with Gasteiger partial charge in [0.05, 0.1) is 0 Å². The van der Waals surface area contributed by atoms with Crippen LogP contribution in [0, 0.1) is 0 Å². The van der Waals surface area contributed by atoms with Crippen molar-refractivity contribution in [3.05, 3.63) is 0 Å². The van der Waals surface area contributed by atoms with Gasteiger partial charge in [-0.3, -0.25) is 0 Å². The van der Waals surface area contributed by atoms with E-state index in [-0.39, 0.29) is 39.0 Å². The van der Waals surface area contributed by atoms with E-state index in [1.165, 1.54) is 0 Å². The average Bonchev–Trinajstić information content (AvgIpc) is 1.88. The third-order valence-electron chi connectivity index (χ3n) is 0.730. The Morgan fingerprint density at radius 1 is 0.786 bits per heavy atom. The monoisotopic (exact) mass is 368 g/mol. The molecular formula is C6H12N2S4Zn2. The van der Waals surface area contributed by atoms with E-state index in [0.29, 0.717) is 8.64 Å². The van der Waals surface area contributed by atoms with Gasteiger partial charge in [0, 0.05) is 28.2 Å². The SMILES string of the molecule is CN(C)C(=S)[S-].CN(C)C(=S)[S-].[Zn+].[Zn+]. The van der Waals surface area contributed by atoms with E-state index in [1.807, 2.05) is 28.2 Å². The molecule has 0 aliphatic rings. The molecule has 2 nitrogen and oxygen atoms in total. The predicted octanol–water partition coefficient (Wildman–Crippen LogP) is 0.755. The molecule has 14 heavy (non-hydrogen) atoms. The molecule has 0 aliphatic heterocycles. The molecule has 0 aromatic heterocycles. The van der Waals surface area contributed by atoms with Gasteiger partial charge in [-0.1, -0.05) is 8.64 Å². The van der Waals surface area contributed by atoms with Gasteiger partial charge in [-0.2, -0.15) is 0 Å². The van der Waals surface area contributed by atoms with E-state index in [4.69, 9.17) is 0 Å². The zero-order valence-corrected chi connectivity index (χ0v) is 18.1. The Hall–Kier alpha value is 1.47. The maximum Gasteiger partial charge on any atom is 1.00 e. The van der Waals surface area contributed by atoms with Crippen molar-refractivity contribution in [2.45, 2.75) is 0 Å². The third-order valence-corrected chi connectivity index (χ3v) is 2.19. The molecule has 0 atom stereocenters. The van der Waals surface area contributed by atoms with Gasteiger partial charge in [-0.15, -0.1) is 0 Å². The molecule has 74 valence electrons. The summed E-state index contributed by atoms with van der Waals surface area (Å²) in [6, 6.07) is 0. The van der Waals surface area contributed by atoms with Crippen molar-refractivity contribution >= 4 is 58.3 Å². The summed E-state index contributed by atoms with van der Waals surface area (Å²) in [6.07, 6.45) is 0. The van der Waals surface area contributed by atoms with Crippen LogP contribution < -0.4 is 0 Å². The Balaban J connectivity index is -0.0000000625. The first kappa shape index (κ1) is 24.6. The Morgan fingerprint density at radius 2 is 0.857 bits per heavy atom. The number of thiocarbonyl (C=S) groups is 2. The summed E-state index contributed by atoms with van der Waals surface area (Å²) in [7, 11) is 7.31. The summed E-state index contributed by atoms with van der Waals surface area (Å²) in [5, 5.41) is 0. The number of hydrogen-bond acceptors (Lipinski definition) is 4.